The number of aryl methyl sites for hydroxylation is 3. The third-order valence-electron chi connectivity index (χ3n) is 6.20. The highest BCUT2D eigenvalue weighted by atomic mass is 32.2. The number of ether oxygens (including phenoxy) is 2. The Labute approximate surface area is 207 Å². The number of carbonyl (C=O) groups is 1. The van der Waals surface area contributed by atoms with Crippen molar-refractivity contribution in [2.45, 2.75) is 38.6 Å². The van der Waals surface area contributed by atoms with Crippen molar-refractivity contribution in [3.8, 4) is 11.5 Å². The molecule has 0 saturated heterocycles. The van der Waals surface area contributed by atoms with Gasteiger partial charge in [-0.05, 0) is 86.3 Å². The minimum Gasteiger partial charge on any atom is -0.493 e. The molecule has 0 fully saturated rings. The number of carbonyl (C=O) groups excluding carboxylic acids is 1. The lowest BCUT2D eigenvalue weighted by Gasteiger charge is -2.21. The summed E-state index contributed by atoms with van der Waals surface area (Å²) in [7, 11) is 0.545. The van der Waals surface area contributed by atoms with E-state index in [1.807, 2.05) is 13.8 Å². The van der Waals surface area contributed by atoms with Crippen LogP contribution in [0.1, 0.15) is 45.6 Å². The number of nitrogens with one attached hydrogen (secondary N) is 1. The van der Waals surface area contributed by atoms with Crippen molar-refractivity contribution in [1.29, 1.82) is 0 Å². The van der Waals surface area contributed by atoms with Gasteiger partial charge >= 0.3 is 0 Å². The first-order chi connectivity index (χ1) is 16.5. The average Bonchev–Trinajstić information content (AvgIpc) is 2.85. The predicted octanol–water partition coefficient (Wildman–Crippen LogP) is 4.95. The lowest BCUT2D eigenvalue weighted by atomic mass is 9.96. The van der Waals surface area contributed by atoms with Crippen LogP contribution in [0.15, 0.2) is 59.5 Å². The van der Waals surface area contributed by atoms with Crippen LogP contribution in [0.5, 0.6) is 11.5 Å². The second kappa shape index (κ2) is 10.4. The van der Waals surface area contributed by atoms with Crippen LogP contribution in [0.25, 0.3) is 0 Å². The third-order valence-corrected chi connectivity index (χ3v) is 7.98. The van der Waals surface area contributed by atoms with E-state index in [2.05, 4.69) is 31.3 Å². The largest absolute Gasteiger partial charge is 0.493 e. The number of methoxy groups -OCH3 is 2. The van der Waals surface area contributed by atoms with E-state index in [9.17, 15) is 13.2 Å². The summed E-state index contributed by atoms with van der Waals surface area (Å²) in [6.07, 6.45) is 0. The van der Waals surface area contributed by atoms with Crippen LogP contribution in [0.3, 0.4) is 0 Å². The molecular weight excluding hydrogens is 464 g/mol. The standard InChI is InChI=1S/C27H32N2O5S/c1-17-14-19(3)24(15-18(17)2)20(4)28-27(30)21-8-10-22(11-9-21)29(5)35(31,32)23-12-13-25(33-6)26(16-23)34-7/h8-16,20H,1-7H3,(H,28,30)/t20-/m1/s1. The van der Waals surface area contributed by atoms with Crippen LogP contribution in [-0.4, -0.2) is 35.6 Å². The second-order valence-corrected chi connectivity index (χ2v) is 10.5. The van der Waals surface area contributed by atoms with Gasteiger partial charge in [-0.15, -0.1) is 0 Å². The fourth-order valence-corrected chi connectivity index (χ4v) is 5.12. The molecule has 0 unspecified atom stereocenters. The van der Waals surface area contributed by atoms with Crippen molar-refractivity contribution in [3.63, 3.8) is 0 Å². The summed E-state index contributed by atoms with van der Waals surface area (Å²) < 4.78 is 37.9. The fourth-order valence-electron chi connectivity index (χ4n) is 3.90. The molecule has 3 rings (SSSR count). The average molecular weight is 497 g/mol. The first kappa shape index (κ1) is 26.1. The maximum atomic E-state index is 13.2. The third kappa shape index (κ3) is 5.43. The Hall–Kier alpha value is -3.52. The zero-order valence-electron chi connectivity index (χ0n) is 21.2. The lowest BCUT2D eigenvalue weighted by Crippen LogP contribution is -2.28. The van der Waals surface area contributed by atoms with Crippen LogP contribution in [0.2, 0.25) is 0 Å². The molecule has 0 aliphatic rings. The van der Waals surface area contributed by atoms with Gasteiger partial charge in [0.25, 0.3) is 15.9 Å². The number of hydrogen-bond acceptors (Lipinski definition) is 5. The van der Waals surface area contributed by atoms with E-state index >= 15 is 0 Å². The molecule has 1 atom stereocenters. The van der Waals surface area contributed by atoms with Crippen molar-refractivity contribution in [3.05, 3.63) is 82.4 Å². The SMILES string of the molecule is COc1ccc(S(=O)(=O)N(C)c2ccc(C(=O)N[C@H](C)c3cc(C)c(C)cc3C)cc2)cc1OC. The van der Waals surface area contributed by atoms with Crippen LogP contribution < -0.4 is 19.1 Å². The molecular formula is C27H32N2O5S. The van der Waals surface area contributed by atoms with Crippen LogP contribution >= 0.6 is 0 Å². The van der Waals surface area contributed by atoms with E-state index in [4.69, 9.17) is 9.47 Å². The summed E-state index contributed by atoms with van der Waals surface area (Å²) in [5.74, 6) is 0.531. The molecule has 0 saturated carbocycles. The normalized spacial score (nSPS) is 12.1. The Kier molecular flexibility index (Phi) is 7.75. The molecule has 7 nitrogen and oxygen atoms in total. The summed E-state index contributed by atoms with van der Waals surface area (Å²) in [5, 5.41) is 3.03. The van der Waals surface area contributed by atoms with Gasteiger partial charge in [0.05, 0.1) is 30.8 Å². The molecule has 3 aromatic carbocycles. The van der Waals surface area contributed by atoms with Crippen LogP contribution in [0, 0.1) is 20.8 Å². The molecule has 0 aliphatic carbocycles. The number of rotatable bonds is 8. The van der Waals surface area contributed by atoms with E-state index < -0.39 is 10.0 Å². The predicted molar refractivity (Wildman–Crippen MR) is 138 cm³/mol. The van der Waals surface area contributed by atoms with Crippen molar-refractivity contribution in [2.24, 2.45) is 0 Å². The van der Waals surface area contributed by atoms with Gasteiger partial charge in [0.15, 0.2) is 11.5 Å². The van der Waals surface area contributed by atoms with Crippen molar-refractivity contribution in [2.75, 3.05) is 25.6 Å². The molecule has 0 aliphatic heterocycles. The van der Waals surface area contributed by atoms with E-state index in [-0.39, 0.29) is 16.8 Å². The maximum absolute atomic E-state index is 13.2. The molecule has 35 heavy (non-hydrogen) atoms. The number of anilines is 1. The van der Waals surface area contributed by atoms with Gasteiger partial charge in [-0.2, -0.15) is 0 Å². The smallest absolute Gasteiger partial charge is 0.264 e. The van der Waals surface area contributed by atoms with Gasteiger partial charge < -0.3 is 14.8 Å². The summed E-state index contributed by atoms with van der Waals surface area (Å²) in [5.41, 5.74) is 5.45. The number of hydrogen-bond donors (Lipinski definition) is 1. The lowest BCUT2D eigenvalue weighted by molar-refractivity contribution is 0.0940. The minimum absolute atomic E-state index is 0.0667. The van der Waals surface area contributed by atoms with Gasteiger partial charge in [0, 0.05) is 18.7 Å². The zero-order chi connectivity index (χ0) is 25.9. The first-order valence-electron chi connectivity index (χ1n) is 11.2. The van der Waals surface area contributed by atoms with Crippen molar-refractivity contribution >= 4 is 21.6 Å². The molecule has 1 N–H and O–H groups in total. The summed E-state index contributed by atoms with van der Waals surface area (Å²) in [6, 6.07) is 14.9. The molecule has 0 spiro atoms. The molecule has 3 aromatic rings. The quantitative estimate of drug-likeness (QED) is 0.477. The Bertz CT molecular complexity index is 1330. The van der Waals surface area contributed by atoms with Gasteiger partial charge in [-0.1, -0.05) is 12.1 Å². The highest BCUT2D eigenvalue weighted by Gasteiger charge is 2.23. The number of amides is 1. The molecule has 8 heteroatoms. The summed E-state index contributed by atoms with van der Waals surface area (Å²) >= 11 is 0. The molecule has 0 aromatic heterocycles. The fraction of sp³-hybridized carbons (Fsp3) is 0.296. The zero-order valence-corrected chi connectivity index (χ0v) is 22.0. The Morgan fingerprint density at radius 2 is 1.46 bits per heavy atom. The highest BCUT2D eigenvalue weighted by molar-refractivity contribution is 7.92. The van der Waals surface area contributed by atoms with Gasteiger partial charge in [0.2, 0.25) is 0 Å². The molecule has 0 radical (unpaired) electrons. The Morgan fingerprint density at radius 3 is 2.06 bits per heavy atom. The summed E-state index contributed by atoms with van der Waals surface area (Å²) in [4.78, 5) is 12.9. The first-order valence-corrected chi connectivity index (χ1v) is 12.6. The second-order valence-electron chi connectivity index (χ2n) is 8.52. The number of nitrogens with zero attached hydrogens (tertiary/aromatic N) is 1. The van der Waals surface area contributed by atoms with Crippen molar-refractivity contribution in [1.82, 2.24) is 5.32 Å². The highest BCUT2D eigenvalue weighted by Crippen LogP contribution is 2.31. The molecule has 0 bridgehead atoms. The van der Waals surface area contributed by atoms with Crippen LogP contribution in [0.4, 0.5) is 5.69 Å². The van der Waals surface area contributed by atoms with E-state index in [1.54, 1.807) is 30.3 Å². The monoisotopic (exact) mass is 496 g/mol. The maximum Gasteiger partial charge on any atom is 0.264 e. The van der Waals surface area contributed by atoms with E-state index in [0.717, 1.165) is 15.4 Å². The van der Waals surface area contributed by atoms with Gasteiger partial charge in [-0.25, -0.2) is 8.42 Å². The topological polar surface area (TPSA) is 84.9 Å². The Morgan fingerprint density at radius 1 is 0.857 bits per heavy atom. The van der Waals surface area contributed by atoms with Gasteiger partial charge in [0.1, 0.15) is 0 Å². The molecule has 186 valence electrons. The van der Waals surface area contributed by atoms with Crippen LogP contribution in [-0.2, 0) is 10.0 Å². The molecule has 0 heterocycles. The van der Waals surface area contributed by atoms with Gasteiger partial charge in [-0.3, -0.25) is 9.10 Å². The van der Waals surface area contributed by atoms with E-state index in [1.165, 1.54) is 44.5 Å². The van der Waals surface area contributed by atoms with Crippen molar-refractivity contribution < 1.29 is 22.7 Å². The summed E-state index contributed by atoms with van der Waals surface area (Å²) in [6.45, 7) is 8.11. The van der Waals surface area contributed by atoms with E-state index in [0.29, 0.717) is 22.7 Å². The Balaban J connectivity index is 1.78. The molecule has 1 amide bonds. The number of sulfonamides is 1. The minimum atomic E-state index is -3.85. The number of benzene rings is 3.